The van der Waals surface area contributed by atoms with Gasteiger partial charge in [-0.05, 0) is 30.5 Å². The number of aliphatic hydroxyl groups is 1. The first kappa shape index (κ1) is 21.0. The van der Waals surface area contributed by atoms with E-state index in [1.807, 2.05) is 35.5 Å². The van der Waals surface area contributed by atoms with Crippen LogP contribution in [0.25, 0.3) is 0 Å². The molecule has 5 nitrogen and oxygen atoms in total. The van der Waals surface area contributed by atoms with Crippen molar-refractivity contribution in [3.63, 3.8) is 0 Å². The van der Waals surface area contributed by atoms with Crippen LogP contribution >= 0.6 is 0 Å². The highest BCUT2D eigenvalue weighted by atomic mass is 16.5. The van der Waals surface area contributed by atoms with Crippen molar-refractivity contribution in [2.45, 2.75) is 52.5 Å². The number of esters is 2. The Morgan fingerprint density at radius 3 is 1.59 bits per heavy atom. The highest BCUT2D eigenvalue weighted by Gasteiger charge is 2.31. The molecule has 0 aliphatic heterocycles. The molecule has 4 atom stereocenters. The van der Waals surface area contributed by atoms with Crippen molar-refractivity contribution in [3.8, 4) is 0 Å². The molecule has 0 aromatic rings. The molecule has 0 aliphatic carbocycles. The molecule has 0 rings (SSSR count). The number of ether oxygens (including phenoxy) is 2. The molecule has 0 heterocycles. The molecule has 0 aromatic heterocycles. The maximum Gasteiger partial charge on any atom is 0.309 e. The second-order valence-electron chi connectivity index (χ2n) is 6.76. The van der Waals surface area contributed by atoms with E-state index in [9.17, 15) is 14.7 Å². The van der Waals surface area contributed by atoms with Crippen molar-refractivity contribution in [2.24, 2.45) is 23.7 Å². The van der Waals surface area contributed by atoms with E-state index in [1.165, 1.54) is 14.2 Å². The third kappa shape index (κ3) is 6.38. The molecule has 0 spiro atoms. The third-order valence-electron chi connectivity index (χ3n) is 4.40. The molecule has 2 unspecified atom stereocenters. The van der Waals surface area contributed by atoms with E-state index in [0.29, 0.717) is 12.8 Å². The average molecular weight is 314 g/mol. The van der Waals surface area contributed by atoms with Crippen LogP contribution in [0.3, 0.4) is 0 Å². The molecular weight excluding hydrogens is 283 g/mol. The van der Waals surface area contributed by atoms with Crippen molar-refractivity contribution < 1.29 is 24.2 Å². The molecule has 0 amide bonds. The number of carbonyl (C=O) groups excluding carboxylic acids is 2. The molecule has 0 bridgehead atoms. The first-order valence-corrected chi connectivity index (χ1v) is 7.99. The highest BCUT2D eigenvalue weighted by molar-refractivity contribution is 6.12. The Balaban J connectivity index is 4.79. The van der Waals surface area contributed by atoms with Crippen LogP contribution in [0.4, 0.5) is 0 Å². The van der Waals surface area contributed by atoms with Crippen molar-refractivity contribution in [1.29, 1.82) is 0 Å². The zero-order valence-corrected chi connectivity index (χ0v) is 15.0. The zero-order valence-electron chi connectivity index (χ0n) is 15.0. The van der Waals surface area contributed by atoms with Crippen LogP contribution < -0.4 is 0 Å². The largest absolute Gasteiger partial charge is 0.469 e. The lowest BCUT2D eigenvalue weighted by Gasteiger charge is -2.28. The standard InChI is InChI=1S/C16H31BO5/c1-9(2)11(15(19)21-5)7-13(17)14(18)8-12(10(3)4)16(20)22-6/h9-14,18H,7-8,17H2,1-6H3/t11-,12?,13?,14-/m0/s1. The Bertz CT molecular complexity index is 322. The van der Waals surface area contributed by atoms with Crippen LogP contribution in [0.15, 0.2) is 0 Å². The van der Waals surface area contributed by atoms with E-state index in [2.05, 4.69) is 0 Å². The van der Waals surface area contributed by atoms with Crippen molar-refractivity contribution in [3.05, 3.63) is 0 Å². The van der Waals surface area contributed by atoms with Gasteiger partial charge in [0.2, 0.25) is 0 Å². The van der Waals surface area contributed by atoms with Crippen LogP contribution in [0, 0.1) is 23.7 Å². The van der Waals surface area contributed by atoms with Gasteiger partial charge in [-0.2, -0.15) is 0 Å². The Kier molecular flexibility index (Phi) is 9.41. The normalized spacial score (nSPS) is 17.0. The summed E-state index contributed by atoms with van der Waals surface area (Å²) >= 11 is 0. The van der Waals surface area contributed by atoms with Gasteiger partial charge in [0.1, 0.15) is 7.85 Å². The van der Waals surface area contributed by atoms with Gasteiger partial charge in [0.15, 0.2) is 0 Å². The molecular formula is C16H31BO5. The van der Waals surface area contributed by atoms with Crippen LogP contribution in [0.2, 0.25) is 5.82 Å². The molecule has 0 fully saturated rings. The number of carbonyl (C=O) groups is 2. The van der Waals surface area contributed by atoms with Gasteiger partial charge in [-0.25, -0.2) is 0 Å². The fraction of sp³-hybridized carbons (Fsp3) is 0.875. The lowest BCUT2D eigenvalue weighted by molar-refractivity contribution is -0.149. The lowest BCUT2D eigenvalue weighted by Crippen LogP contribution is -2.31. The van der Waals surface area contributed by atoms with Crippen LogP contribution in [0.1, 0.15) is 40.5 Å². The zero-order chi connectivity index (χ0) is 17.4. The highest BCUT2D eigenvalue weighted by Crippen LogP contribution is 2.30. The van der Waals surface area contributed by atoms with E-state index in [-0.39, 0.29) is 41.4 Å². The number of hydrogen-bond acceptors (Lipinski definition) is 5. The van der Waals surface area contributed by atoms with Crippen LogP contribution in [-0.2, 0) is 19.1 Å². The fourth-order valence-electron chi connectivity index (χ4n) is 2.63. The molecule has 6 heteroatoms. The van der Waals surface area contributed by atoms with Gasteiger partial charge in [-0.1, -0.05) is 27.7 Å². The van der Waals surface area contributed by atoms with Gasteiger partial charge in [0, 0.05) is 0 Å². The Morgan fingerprint density at radius 2 is 1.27 bits per heavy atom. The van der Waals surface area contributed by atoms with Crippen molar-refractivity contribution >= 4 is 19.8 Å². The van der Waals surface area contributed by atoms with E-state index in [0.717, 1.165) is 0 Å². The van der Waals surface area contributed by atoms with Crippen LogP contribution in [0.5, 0.6) is 0 Å². The summed E-state index contributed by atoms with van der Waals surface area (Å²) in [7, 11) is 4.64. The van der Waals surface area contributed by atoms with Gasteiger partial charge in [0.05, 0.1) is 32.2 Å². The summed E-state index contributed by atoms with van der Waals surface area (Å²) in [6, 6.07) is 0. The summed E-state index contributed by atoms with van der Waals surface area (Å²) < 4.78 is 9.64. The summed E-state index contributed by atoms with van der Waals surface area (Å²) in [6.45, 7) is 7.80. The summed E-state index contributed by atoms with van der Waals surface area (Å²) in [5, 5.41) is 10.4. The molecule has 0 radical (unpaired) electrons. The first-order chi connectivity index (χ1) is 10.1. The minimum atomic E-state index is -0.655. The number of hydrogen-bond donors (Lipinski definition) is 1. The Labute approximate surface area is 135 Å². The first-order valence-electron chi connectivity index (χ1n) is 7.99. The second kappa shape index (κ2) is 9.88. The Morgan fingerprint density at radius 1 is 0.909 bits per heavy atom. The number of aliphatic hydroxyl groups excluding tert-OH is 1. The van der Waals surface area contributed by atoms with E-state index < -0.39 is 6.10 Å². The summed E-state index contributed by atoms with van der Waals surface area (Å²) in [4.78, 5) is 23.6. The van der Waals surface area contributed by atoms with Gasteiger partial charge in [0.25, 0.3) is 0 Å². The minimum Gasteiger partial charge on any atom is -0.469 e. The molecule has 0 saturated carbocycles. The van der Waals surface area contributed by atoms with E-state index in [4.69, 9.17) is 9.47 Å². The lowest BCUT2D eigenvalue weighted by atomic mass is 9.71. The number of rotatable bonds is 9. The average Bonchev–Trinajstić information content (AvgIpc) is 2.47. The molecule has 0 saturated heterocycles. The van der Waals surface area contributed by atoms with Crippen LogP contribution in [-0.4, -0.2) is 45.2 Å². The summed E-state index contributed by atoms with van der Waals surface area (Å²) in [6.07, 6.45) is 0.229. The monoisotopic (exact) mass is 314 g/mol. The second-order valence-corrected chi connectivity index (χ2v) is 6.76. The van der Waals surface area contributed by atoms with E-state index in [1.54, 1.807) is 0 Å². The molecule has 0 aliphatic rings. The molecule has 128 valence electrons. The third-order valence-corrected chi connectivity index (χ3v) is 4.40. The summed E-state index contributed by atoms with van der Waals surface area (Å²) in [5.41, 5.74) is 0. The predicted octanol–water partition coefficient (Wildman–Crippen LogP) is 1.44. The van der Waals surface area contributed by atoms with Gasteiger partial charge >= 0.3 is 11.9 Å². The van der Waals surface area contributed by atoms with Crippen molar-refractivity contribution in [1.82, 2.24) is 0 Å². The maximum absolute atomic E-state index is 11.8. The summed E-state index contributed by atoms with van der Waals surface area (Å²) in [5.74, 6) is -0.989. The molecule has 22 heavy (non-hydrogen) atoms. The smallest absolute Gasteiger partial charge is 0.309 e. The molecule has 0 aromatic carbocycles. The fourth-order valence-corrected chi connectivity index (χ4v) is 2.63. The minimum absolute atomic E-state index is 0.0933. The topological polar surface area (TPSA) is 72.8 Å². The van der Waals surface area contributed by atoms with Gasteiger partial charge in [-0.15, -0.1) is 0 Å². The van der Waals surface area contributed by atoms with Gasteiger partial charge in [-0.3, -0.25) is 9.59 Å². The maximum atomic E-state index is 11.8. The number of methoxy groups -OCH3 is 2. The van der Waals surface area contributed by atoms with Crippen molar-refractivity contribution in [2.75, 3.05) is 14.2 Å². The quantitative estimate of drug-likeness (QED) is 0.515. The Hall–Kier alpha value is -1.04. The van der Waals surface area contributed by atoms with E-state index >= 15 is 0 Å². The molecule has 1 N–H and O–H groups in total. The predicted molar refractivity (Wildman–Crippen MR) is 88.2 cm³/mol. The van der Waals surface area contributed by atoms with Gasteiger partial charge < -0.3 is 14.6 Å². The SMILES string of the molecule is BC(C[C@H](C(=O)OC)C(C)C)[C@@H](O)CC(C(=O)OC)C(C)C.